The van der Waals surface area contributed by atoms with Gasteiger partial charge in [-0.15, -0.1) is 22.7 Å². The lowest BCUT2D eigenvalue weighted by Gasteiger charge is -2.04. The molecule has 3 aromatic rings. The van der Waals surface area contributed by atoms with E-state index in [1.54, 1.807) is 0 Å². The maximum atomic E-state index is 11.6. The van der Waals surface area contributed by atoms with Crippen molar-refractivity contribution < 1.29 is 9.90 Å². The van der Waals surface area contributed by atoms with Gasteiger partial charge in [-0.1, -0.05) is 42.8 Å². The summed E-state index contributed by atoms with van der Waals surface area (Å²) in [5.41, 5.74) is 2.73. The van der Waals surface area contributed by atoms with E-state index >= 15 is 0 Å². The Hall–Kier alpha value is -2.13. The Morgan fingerprint density at radius 3 is 2.33 bits per heavy atom. The van der Waals surface area contributed by atoms with Crippen molar-refractivity contribution >= 4 is 40.2 Å². The van der Waals surface area contributed by atoms with Gasteiger partial charge >= 0.3 is 5.97 Å². The Kier molecular flexibility index (Phi) is 4.72. The molecule has 0 amide bonds. The lowest BCUT2D eigenvalue weighted by molar-refractivity contribution is 0.0703. The average Bonchev–Trinajstić information content (AvgIpc) is 3.18. The Balaban J connectivity index is 2.11. The van der Waals surface area contributed by atoms with Gasteiger partial charge in [-0.3, -0.25) is 0 Å². The largest absolute Gasteiger partial charge is 0.477 e. The van der Waals surface area contributed by atoms with Gasteiger partial charge in [0.2, 0.25) is 0 Å². The third kappa shape index (κ3) is 2.96. The van der Waals surface area contributed by atoms with E-state index in [0.29, 0.717) is 17.5 Å². The number of halogens is 1. The van der Waals surface area contributed by atoms with E-state index in [0.717, 1.165) is 25.2 Å². The summed E-state index contributed by atoms with van der Waals surface area (Å²) in [4.78, 5) is 13.6. The van der Waals surface area contributed by atoms with Gasteiger partial charge in [0, 0.05) is 15.3 Å². The van der Waals surface area contributed by atoms with E-state index in [2.05, 4.69) is 6.07 Å². The van der Waals surface area contributed by atoms with Crippen molar-refractivity contribution in [2.45, 2.75) is 13.3 Å². The predicted octanol–water partition coefficient (Wildman–Crippen LogP) is 5.93. The Morgan fingerprint density at radius 2 is 1.83 bits per heavy atom. The number of nitrogens with zero attached hydrogens (tertiary/aromatic N) is 1. The van der Waals surface area contributed by atoms with Gasteiger partial charge in [0.1, 0.15) is 10.9 Å². The van der Waals surface area contributed by atoms with E-state index in [-0.39, 0.29) is 4.88 Å². The van der Waals surface area contributed by atoms with Crippen LogP contribution in [-0.4, -0.2) is 11.1 Å². The zero-order chi connectivity index (χ0) is 17.3. The Morgan fingerprint density at radius 1 is 1.17 bits per heavy atom. The van der Waals surface area contributed by atoms with Crippen LogP contribution in [0.4, 0.5) is 0 Å². The van der Waals surface area contributed by atoms with Gasteiger partial charge in [0.25, 0.3) is 0 Å². The maximum absolute atomic E-state index is 11.6. The number of rotatable bonds is 4. The van der Waals surface area contributed by atoms with E-state index in [1.165, 1.54) is 22.7 Å². The van der Waals surface area contributed by atoms with Crippen molar-refractivity contribution in [2.24, 2.45) is 0 Å². The minimum absolute atomic E-state index is 0.218. The first kappa shape index (κ1) is 16.7. The molecular formula is C18H12ClNO2S2. The van der Waals surface area contributed by atoms with Gasteiger partial charge in [0.05, 0.1) is 9.90 Å². The quantitative estimate of drug-likeness (QED) is 0.616. The van der Waals surface area contributed by atoms with Gasteiger partial charge in [-0.2, -0.15) is 5.26 Å². The second-order valence-electron chi connectivity index (χ2n) is 5.06. The number of thiophene rings is 2. The fraction of sp³-hybridized carbons (Fsp3) is 0.111. The standard InChI is InChI=1S/C18H12ClNO2S2/c1-2-13-12(9-20)16(17(24-13)18(21)22)11-5-3-10(4-6-11)14-7-8-15(19)23-14/h3-8H,2H2,1H3,(H,21,22). The molecule has 0 aliphatic heterocycles. The topological polar surface area (TPSA) is 61.1 Å². The van der Waals surface area contributed by atoms with Gasteiger partial charge < -0.3 is 5.11 Å². The SMILES string of the molecule is CCc1sc(C(=O)O)c(-c2ccc(-c3ccc(Cl)s3)cc2)c1C#N. The number of aryl methyl sites for hydroxylation is 1. The summed E-state index contributed by atoms with van der Waals surface area (Å²) in [7, 11) is 0. The molecule has 0 bridgehead atoms. The molecule has 1 aromatic carbocycles. The monoisotopic (exact) mass is 373 g/mol. The van der Waals surface area contributed by atoms with Crippen LogP contribution in [0.3, 0.4) is 0 Å². The lowest BCUT2D eigenvalue weighted by atomic mass is 9.98. The van der Waals surface area contributed by atoms with Crippen molar-refractivity contribution in [1.82, 2.24) is 0 Å². The van der Waals surface area contributed by atoms with Crippen LogP contribution in [0.25, 0.3) is 21.6 Å². The minimum atomic E-state index is -1.000. The van der Waals surface area contributed by atoms with Crippen molar-refractivity contribution in [3.8, 4) is 27.6 Å². The van der Waals surface area contributed by atoms with E-state index < -0.39 is 5.97 Å². The predicted molar refractivity (Wildman–Crippen MR) is 99.1 cm³/mol. The third-order valence-corrected chi connectivity index (χ3v) is 6.24. The van der Waals surface area contributed by atoms with Crippen molar-refractivity contribution in [2.75, 3.05) is 0 Å². The zero-order valence-electron chi connectivity index (χ0n) is 12.7. The van der Waals surface area contributed by atoms with Crippen molar-refractivity contribution in [1.29, 1.82) is 5.26 Å². The highest BCUT2D eigenvalue weighted by Gasteiger charge is 2.23. The number of hydrogen-bond acceptors (Lipinski definition) is 4. The number of hydrogen-bond donors (Lipinski definition) is 1. The van der Waals surface area contributed by atoms with Crippen LogP contribution < -0.4 is 0 Å². The van der Waals surface area contributed by atoms with Crippen LogP contribution in [0.15, 0.2) is 36.4 Å². The van der Waals surface area contributed by atoms with Gasteiger partial charge in [0.15, 0.2) is 0 Å². The molecule has 0 fully saturated rings. The zero-order valence-corrected chi connectivity index (χ0v) is 15.1. The van der Waals surface area contributed by atoms with E-state index in [1.807, 2.05) is 43.3 Å². The first-order valence-electron chi connectivity index (χ1n) is 7.20. The summed E-state index contributed by atoms with van der Waals surface area (Å²) in [6.45, 7) is 1.92. The molecule has 1 N–H and O–H groups in total. The lowest BCUT2D eigenvalue weighted by Crippen LogP contribution is -1.95. The summed E-state index contributed by atoms with van der Waals surface area (Å²) < 4.78 is 0.722. The summed E-state index contributed by atoms with van der Waals surface area (Å²) >= 11 is 8.64. The Labute approximate surface area is 152 Å². The van der Waals surface area contributed by atoms with Crippen molar-refractivity contribution in [3.63, 3.8) is 0 Å². The fourth-order valence-electron chi connectivity index (χ4n) is 2.54. The number of carboxylic acid groups (broad SMARTS) is 1. The summed E-state index contributed by atoms with van der Waals surface area (Å²) in [5.74, 6) is -1.000. The molecule has 0 atom stereocenters. The van der Waals surface area contributed by atoms with Gasteiger partial charge in [-0.05, 0) is 29.7 Å². The molecule has 0 aliphatic carbocycles. The molecule has 0 aliphatic rings. The van der Waals surface area contributed by atoms with E-state index in [9.17, 15) is 15.2 Å². The molecule has 0 radical (unpaired) electrons. The molecule has 0 unspecified atom stereocenters. The highest BCUT2D eigenvalue weighted by atomic mass is 35.5. The first-order valence-corrected chi connectivity index (χ1v) is 9.21. The number of carbonyl (C=O) groups is 1. The second-order valence-corrected chi connectivity index (χ2v) is 7.88. The molecule has 2 aromatic heterocycles. The van der Waals surface area contributed by atoms with E-state index in [4.69, 9.17) is 11.6 Å². The second kappa shape index (κ2) is 6.78. The molecule has 120 valence electrons. The summed E-state index contributed by atoms with van der Waals surface area (Å²) in [6.07, 6.45) is 0.639. The van der Waals surface area contributed by atoms with Crippen LogP contribution in [0, 0.1) is 11.3 Å². The molecule has 2 heterocycles. The van der Waals surface area contributed by atoms with Crippen LogP contribution >= 0.6 is 34.3 Å². The molecule has 24 heavy (non-hydrogen) atoms. The highest BCUT2D eigenvalue weighted by Crippen LogP contribution is 2.38. The fourth-order valence-corrected chi connectivity index (χ4v) is 4.64. The summed E-state index contributed by atoms with van der Waals surface area (Å²) in [5, 5.41) is 19.0. The normalized spacial score (nSPS) is 10.5. The van der Waals surface area contributed by atoms with Crippen LogP contribution in [0.5, 0.6) is 0 Å². The molecule has 0 spiro atoms. The maximum Gasteiger partial charge on any atom is 0.346 e. The van der Waals surface area contributed by atoms with Crippen LogP contribution in [0.1, 0.15) is 27.0 Å². The van der Waals surface area contributed by atoms with Crippen LogP contribution in [-0.2, 0) is 6.42 Å². The average molecular weight is 374 g/mol. The third-order valence-electron chi connectivity index (χ3n) is 3.64. The molecule has 0 saturated heterocycles. The summed E-state index contributed by atoms with van der Waals surface area (Å²) in [6, 6.07) is 13.5. The molecule has 0 saturated carbocycles. The highest BCUT2D eigenvalue weighted by molar-refractivity contribution is 7.19. The van der Waals surface area contributed by atoms with Crippen molar-refractivity contribution in [3.05, 3.63) is 56.1 Å². The number of benzene rings is 1. The first-order chi connectivity index (χ1) is 11.5. The minimum Gasteiger partial charge on any atom is -0.477 e. The number of aromatic carboxylic acids is 1. The molecule has 3 nitrogen and oxygen atoms in total. The number of carboxylic acids is 1. The van der Waals surface area contributed by atoms with Crippen LogP contribution in [0.2, 0.25) is 4.34 Å². The van der Waals surface area contributed by atoms with Gasteiger partial charge in [-0.25, -0.2) is 4.79 Å². The smallest absolute Gasteiger partial charge is 0.346 e. The number of nitriles is 1. The molecular weight excluding hydrogens is 362 g/mol. The Bertz CT molecular complexity index is 949. The molecule has 3 rings (SSSR count). The molecule has 6 heteroatoms.